The molecule has 1 fully saturated rings. The van der Waals surface area contributed by atoms with Crippen LogP contribution >= 0.6 is 11.8 Å². The second-order valence-electron chi connectivity index (χ2n) is 4.05. The number of thioether (sulfide) groups is 1. The van der Waals surface area contributed by atoms with Crippen LogP contribution in [0.4, 0.5) is 0 Å². The SMILES string of the molecule is COCC([C@H]1CCC(C)S1)N(C)C. The molecule has 0 spiro atoms. The van der Waals surface area contributed by atoms with E-state index >= 15 is 0 Å². The summed E-state index contributed by atoms with van der Waals surface area (Å²) in [6, 6.07) is 0.583. The van der Waals surface area contributed by atoms with Gasteiger partial charge in [-0.2, -0.15) is 11.8 Å². The van der Waals surface area contributed by atoms with Crippen molar-refractivity contribution in [3.63, 3.8) is 0 Å². The van der Waals surface area contributed by atoms with E-state index in [0.717, 1.165) is 17.1 Å². The minimum Gasteiger partial charge on any atom is -0.383 e. The Morgan fingerprint density at radius 2 is 2.15 bits per heavy atom. The molecule has 1 aliphatic rings. The van der Waals surface area contributed by atoms with E-state index in [4.69, 9.17) is 4.74 Å². The summed E-state index contributed by atoms with van der Waals surface area (Å²) in [5.74, 6) is 0. The summed E-state index contributed by atoms with van der Waals surface area (Å²) in [4.78, 5) is 2.29. The average Bonchev–Trinajstić information content (AvgIpc) is 2.46. The Bertz CT molecular complexity index is 152. The number of hydrogen-bond acceptors (Lipinski definition) is 3. The molecule has 2 nitrogen and oxygen atoms in total. The van der Waals surface area contributed by atoms with Gasteiger partial charge >= 0.3 is 0 Å². The fraction of sp³-hybridized carbons (Fsp3) is 1.00. The third kappa shape index (κ3) is 3.15. The van der Waals surface area contributed by atoms with Gasteiger partial charge in [0.15, 0.2) is 0 Å². The summed E-state index contributed by atoms with van der Waals surface area (Å²) in [7, 11) is 6.08. The third-order valence-electron chi connectivity index (χ3n) is 2.69. The van der Waals surface area contributed by atoms with Gasteiger partial charge in [-0.05, 0) is 26.9 Å². The van der Waals surface area contributed by atoms with Gasteiger partial charge in [-0.15, -0.1) is 0 Å². The Labute approximate surface area is 86.0 Å². The highest BCUT2D eigenvalue weighted by Gasteiger charge is 2.30. The fourth-order valence-electron chi connectivity index (χ4n) is 1.88. The van der Waals surface area contributed by atoms with Crippen molar-refractivity contribution < 1.29 is 4.74 Å². The van der Waals surface area contributed by atoms with Crippen LogP contribution in [-0.2, 0) is 4.74 Å². The average molecular weight is 203 g/mol. The second kappa shape index (κ2) is 5.23. The minimum atomic E-state index is 0.583. The Balaban J connectivity index is 2.44. The zero-order chi connectivity index (χ0) is 9.84. The Hall–Kier alpha value is 0.270. The van der Waals surface area contributed by atoms with Crippen molar-refractivity contribution in [2.75, 3.05) is 27.8 Å². The highest BCUT2D eigenvalue weighted by atomic mass is 32.2. The first-order valence-electron chi connectivity index (χ1n) is 4.96. The summed E-state index contributed by atoms with van der Waals surface area (Å²) in [6.07, 6.45) is 2.71. The summed E-state index contributed by atoms with van der Waals surface area (Å²) < 4.78 is 5.26. The van der Waals surface area contributed by atoms with Crippen LogP contribution in [0, 0.1) is 0 Å². The summed E-state index contributed by atoms with van der Waals surface area (Å²) >= 11 is 2.12. The molecule has 1 saturated heterocycles. The lowest BCUT2D eigenvalue weighted by molar-refractivity contribution is 0.118. The van der Waals surface area contributed by atoms with Crippen LogP contribution in [0.3, 0.4) is 0 Å². The second-order valence-corrected chi connectivity index (χ2v) is 5.73. The molecular formula is C10H21NOS. The van der Waals surface area contributed by atoms with Gasteiger partial charge in [0.2, 0.25) is 0 Å². The van der Waals surface area contributed by atoms with Gasteiger partial charge in [0.25, 0.3) is 0 Å². The van der Waals surface area contributed by atoms with E-state index in [1.165, 1.54) is 12.8 Å². The molecule has 1 heterocycles. The summed E-state index contributed by atoms with van der Waals surface area (Å²) in [6.45, 7) is 3.18. The van der Waals surface area contributed by atoms with Gasteiger partial charge in [-0.3, -0.25) is 0 Å². The Morgan fingerprint density at radius 1 is 1.46 bits per heavy atom. The highest BCUT2D eigenvalue weighted by Crippen LogP contribution is 2.36. The normalized spacial score (nSPS) is 31.2. The lowest BCUT2D eigenvalue weighted by Crippen LogP contribution is -2.39. The summed E-state index contributed by atoms with van der Waals surface area (Å²) in [5, 5.41) is 1.61. The van der Waals surface area contributed by atoms with E-state index in [1.807, 2.05) is 0 Å². The Kier molecular flexibility index (Phi) is 4.56. The molecule has 3 atom stereocenters. The molecule has 3 heteroatoms. The number of ether oxygens (including phenoxy) is 1. The van der Waals surface area contributed by atoms with Crippen molar-refractivity contribution in [2.45, 2.75) is 36.3 Å². The summed E-state index contributed by atoms with van der Waals surface area (Å²) in [5.41, 5.74) is 0. The molecule has 13 heavy (non-hydrogen) atoms. The smallest absolute Gasteiger partial charge is 0.0628 e. The number of nitrogens with zero attached hydrogens (tertiary/aromatic N) is 1. The topological polar surface area (TPSA) is 12.5 Å². The number of rotatable bonds is 4. The van der Waals surface area contributed by atoms with E-state index in [1.54, 1.807) is 7.11 Å². The minimum absolute atomic E-state index is 0.583. The molecule has 1 aliphatic heterocycles. The maximum absolute atomic E-state index is 5.26. The molecule has 0 aromatic heterocycles. The van der Waals surface area contributed by atoms with Gasteiger partial charge < -0.3 is 9.64 Å². The van der Waals surface area contributed by atoms with E-state index in [9.17, 15) is 0 Å². The van der Waals surface area contributed by atoms with Crippen LogP contribution in [0.15, 0.2) is 0 Å². The highest BCUT2D eigenvalue weighted by molar-refractivity contribution is 8.00. The lowest BCUT2D eigenvalue weighted by atomic mass is 10.1. The van der Waals surface area contributed by atoms with Crippen LogP contribution in [-0.4, -0.2) is 49.3 Å². The maximum Gasteiger partial charge on any atom is 0.0628 e. The molecule has 0 aromatic rings. The van der Waals surface area contributed by atoms with Crippen LogP contribution < -0.4 is 0 Å². The van der Waals surface area contributed by atoms with Gasteiger partial charge in [-0.1, -0.05) is 6.92 Å². The molecule has 0 N–H and O–H groups in total. The zero-order valence-electron chi connectivity index (χ0n) is 9.12. The van der Waals surface area contributed by atoms with Crippen molar-refractivity contribution >= 4 is 11.8 Å². The maximum atomic E-state index is 5.26. The van der Waals surface area contributed by atoms with Crippen molar-refractivity contribution in [3.05, 3.63) is 0 Å². The Morgan fingerprint density at radius 3 is 2.54 bits per heavy atom. The number of likely N-dealkylation sites (N-methyl/N-ethyl adjacent to an activating group) is 1. The van der Waals surface area contributed by atoms with Crippen molar-refractivity contribution in [3.8, 4) is 0 Å². The number of hydrogen-bond donors (Lipinski definition) is 0. The predicted molar refractivity (Wildman–Crippen MR) is 59.4 cm³/mol. The molecular weight excluding hydrogens is 182 g/mol. The van der Waals surface area contributed by atoms with Crippen molar-refractivity contribution in [1.29, 1.82) is 0 Å². The quantitative estimate of drug-likeness (QED) is 0.692. The monoisotopic (exact) mass is 203 g/mol. The molecule has 78 valence electrons. The molecule has 0 aromatic carbocycles. The molecule has 0 radical (unpaired) electrons. The van der Waals surface area contributed by atoms with Gasteiger partial charge in [0.1, 0.15) is 0 Å². The van der Waals surface area contributed by atoms with Gasteiger partial charge in [-0.25, -0.2) is 0 Å². The first-order chi connectivity index (χ1) is 6.15. The standard InChI is InChI=1S/C10H21NOS/c1-8-5-6-10(13-8)9(7-12-4)11(2)3/h8-10H,5-7H2,1-4H3/t8?,9?,10-/m1/s1. The van der Waals surface area contributed by atoms with E-state index < -0.39 is 0 Å². The first-order valence-corrected chi connectivity index (χ1v) is 5.90. The zero-order valence-corrected chi connectivity index (χ0v) is 9.93. The largest absolute Gasteiger partial charge is 0.383 e. The van der Waals surface area contributed by atoms with Gasteiger partial charge in [0.05, 0.1) is 6.61 Å². The molecule has 2 unspecified atom stereocenters. The fourth-order valence-corrected chi connectivity index (χ4v) is 3.52. The van der Waals surface area contributed by atoms with E-state index in [0.29, 0.717) is 6.04 Å². The van der Waals surface area contributed by atoms with Crippen molar-refractivity contribution in [2.24, 2.45) is 0 Å². The van der Waals surface area contributed by atoms with Crippen LogP contribution in [0.25, 0.3) is 0 Å². The number of methoxy groups -OCH3 is 1. The predicted octanol–water partition coefficient (Wildman–Crippen LogP) is 1.85. The van der Waals surface area contributed by atoms with E-state index in [2.05, 4.69) is 37.7 Å². The molecule has 0 aliphatic carbocycles. The van der Waals surface area contributed by atoms with Crippen LogP contribution in [0.1, 0.15) is 19.8 Å². The van der Waals surface area contributed by atoms with Crippen LogP contribution in [0.5, 0.6) is 0 Å². The third-order valence-corrected chi connectivity index (χ3v) is 4.29. The molecule has 0 saturated carbocycles. The van der Waals surface area contributed by atoms with Crippen LogP contribution in [0.2, 0.25) is 0 Å². The molecule has 0 amide bonds. The van der Waals surface area contributed by atoms with E-state index in [-0.39, 0.29) is 0 Å². The first kappa shape index (κ1) is 11.3. The van der Waals surface area contributed by atoms with Gasteiger partial charge in [0, 0.05) is 23.7 Å². The van der Waals surface area contributed by atoms with Crippen molar-refractivity contribution in [1.82, 2.24) is 4.90 Å². The molecule has 0 bridgehead atoms. The molecule has 1 rings (SSSR count). The lowest BCUT2D eigenvalue weighted by Gasteiger charge is -2.28.